The van der Waals surface area contributed by atoms with Gasteiger partial charge in [-0.25, -0.2) is 14.6 Å². The van der Waals surface area contributed by atoms with E-state index >= 15 is 0 Å². The molecule has 0 unspecified atom stereocenters. The van der Waals surface area contributed by atoms with E-state index in [2.05, 4.69) is 0 Å². The number of hydrogen-bond donors (Lipinski definition) is 0. The van der Waals surface area contributed by atoms with Gasteiger partial charge in [0.15, 0.2) is 4.80 Å². The zero-order chi connectivity index (χ0) is 33.8. The molecular formula is C36H27N3O8S. The van der Waals surface area contributed by atoms with Crippen molar-refractivity contribution in [1.82, 2.24) is 4.57 Å². The van der Waals surface area contributed by atoms with E-state index in [-0.39, 0.29) is 34.7 Å². The summed E-state index contributed by atoms with van der Waals surface area (Å²) in [6, 6.07) is 27.3. The van der Waals surface area contributed by atoms with Gasteiger partial charge in [0.25, 0.3) is 11.2 Å². The normalized spacial score (nSPS) is 14.1. The van der Waals surface area contributed by atoms with Gasteiger partial charge < -0.3 is 14.2 Å². The molecule has 0 saturated heterocycles. The van der Waals surface area contributed by atoms with Crippen LogP contribution in [0.25, 0.3) is 11.8 Å². The van der Waals surface area contributed by atoms with Crippen LogP contribution >= 0.6 is 11.3 Å². The fourth-order valence-corrected chi connectivity index (χ4v) is 6.24. The third-order valence-electron chi connectivity index (χ3n) is 7.49. The van der Waals surface area contributed by atoms with Crippen LogP contribution in [0.4, 0.5) is 5.69 Å². The molecule has 240 valence electrons. The Labute approximate surface area is 277 Å². The number of carbonyl (C=O) groups excluding carboxylic acids is 2. The first kappa shape index (κ1) is 31.8. The van der Waals surface area contributed by atoms with E-state index in [1.165, 1.54) is 34.1 Å². The van der Waals surface area contributed by atoms with Gasteiger partial charge in [0.05, 0.1) is 46.0 Å². The molecule has 1 atom stereocenters. The molecular weight excluding hydrogens is 634 g/mol. The first-order valence-corrected chi connectivity index (χ1v) is 15.6. The van der Waals surface area contributed by atoms with Crippen LogP contribution in [0.5, 0.6) is 11.5 Å². The van der Waals surface area contributed by atoms with Gasteiger partial charge in [-0.1, -0.05) is 72.0 Å². The van der Waals surface area contributed by atoms with E-state index < -0.39 is 22.9 Å². The predicted octanol–water partition coefficient (Wildman–Crippen LogP) is 5.07. The fraction of sp³-hybridized carbons (Fsp3) is 0.111. The molecule has 12 heteroatoms. The first-order chi connectivity index (χ1) is 23.3. The van der Waals surface area contributed by atoms with Crippen molar-refractivity contribution < 1.29 is 28.7 Å². The molecule has 0 amide bonds. The van der Waals surface area contributed by atoms with Gasteiger partial charge in [-0.3, -0.25) is 19.5 Å². The zero-order valence-corrected chi connectivity index (χ0v) is 26.5. The van der Waals surface area contributed by atoms with Gasteiger partial charge >= 0.3 is 11.9 Å². The second kappa shape index (κ2) is 13.7. The summed E-state index contributed by atoms with van der Waals surface area (Å²) in [5.74, 6) is -0.484. The number of ether oxygens (including phenoxy) is 3. The third kappa shape index (κ3) is 6.42. The van der Waals surface area contributed by atoms with E-state index in [1.54, 1.807) is 56.5 Å². The minimum absolute atomic E-state index is 0.0397. The molecule has 1 aliphatic heterocycles. The van der Waals surface area contributed by atoms with E-state index in [0.717, 1.165) is 6.07 Å². The average molecular weight is 662 g/mol. The van der Waals surface area contributed by atoms with Gasteiger partial charge in [-0.2, -0.15) is 0 Å². The summed E-state index contributed by atoms with van der Waals surface area (Å²) < 4.78 is 18.1. The number of fused-ring (bicyclic) bond motifs is 1. The highest BCUT2D eigenvalue weighted by Gasteiger charge is 2.35. The number of nitro groups is 1. The number of rotatable bonds is 9. The number of esters is 2. The maximum Gasteiger partial charge on any atom is 0.343 e. The van der Waals surface area contributed by atoms with E-state index in [0.29, 0.717) is 37.5 Å². The summed E-state index contributed by atoms with van der Waals surface area (Å²) >= 11 is 1.18. The lowest BCUT2D eigenvalue weighted by Gasteiger charge is -2.26. The lowest BCUT2D eigenvalue weighted by Crippen LogP contribution is -2.40. The van der Waals surface area contributed by atoms with Crippen LogP contribution in [-0.4, -0.2) is 35.1 Å². The van der Waals surface area contributed by atoms with Crippen LogP contribution in [0.15, 0.2) is 118 Å². The van der Waals surface area contributed by atoms with Gasteiger partial charge in [-0.15, -0.1) is 0 Å². The Bertz CT molecular complexity index is 2240. The Morgan fingerprint density at radius 3 is 2.31 bits per heavy atom. The van der Waals surface area contributed by atoms with Crippen molar-refractivity contribution in [2.24, 2.45) is 4.99 Å². The Morgan fingerprint density at radius 2 is 1.65 bits per heavy atom. The molecule has 48 heavy (non-hydrogen) atoms. The number of aromatic nitrogens is 1. The number of benzene rings is 4. The lowest BCUT2D eigenvalue weighted by molar-refractivity contribution is -0.384. The molecule has 0 radical (unpaired) electrons. The molecule has 0 N–H and O–H groups in total. The number of methoxy groups -OCH3 is 1. The number of hydrogen-bond acceptors (Lipinski definition) is 10. The van der Waals surface area contributed by atoms with E-state index in [1.807, 2.05) is 42.5 Å². The average Bonchev–Trinajstić information content (AvgIpc) is 3.42. The molecule has 0 aliphatic carbocycles. The van der Waals surface area contributed by atoms with Crippen LogP contribution in [0.2, 0.25) is 0 Å². The van der Waals surface area contributed by atoms with Crippen molar-refractivity contribution >= 4 is 40.7 Å². The molecule has 2 heterocycles. The number of carbonyl (C=O) groups is 2. The van der Waals surface area contributed by atoms with Crippen molar-refractivity contribution in [2.45, 2.75) is 13.0 Å². The smallest absolute Gasteiger partial charge is 0.343 e. The largest absolute Gasteiger partial charge is 0.497 e. The molecule has 6 rings (SSSR count). The topological polar surface area (TPSA) is 139 Å². The predicted molar refractivity (Wildman–Crippen MR) is 179 cm³/mol. The van der Waals surface area contributed by atoms with E-state index in [9.17, 15) is 24.5 Å². The Hall–Kier alpha value is -6.14. The van der Waals surface area contributed by atoms with Crippen LogP contribution in [0.1, 0.15) is 40.0 Å². The van der Waals surface area contributed by atoms with Crippen molar-refractivity contribution in [2.75, 3.05) is 13.7 Å². The summed E-state index contributed by atoms with van der Waals surface area (Å²) in [5.41, 5.74) is 2.13. The first-order valence-electron chi connectivity index (χ1n) is 14.8. The van der Waals surface area contributed by atoms with Crippen molar-refractivity contribution in [3.05, 3.63) is 161 Å². The molecule has 1 aliphatic rings. The highest BCUT2D eigenvalue weighted by molar-refractivity contribution is 7.07. The monoisotopic (exact) mass is 661 g/mol. The van der Waals surface area contributed by atoms with Crippen molar-refractivity contribution in [3.63, 3.8) is 0 Å². The SMILES string of the molecule is CCOC(=O)C1=C(c2ccccc2)N=c2s/c(=C\c3ccc(OC(=O)c4cccc([N+](=O)[O-])c4)cc3)c(=O)n2[C@@H]1c1ccc(OC)cc1. The Kier molecular flexibility index (Phi) is 9.08. The van der Waals surface area contributed by atoms with Gasteiger partial charge in [0.2, 0.25) is 0 Å². The number of nitrogens with zero attached hydrogens (tertiary/aromatic N) is 3. The quantitative estimate of drug-likeness (QED) is 0.0924. The Morgan fingerprint density at radius 1 is 0.938 bits per heavy atom. The van der Waals surface area contributed by atoms with Crippen LogP contribution < -0.4 is 24.4 Å². The van der Waals surface area contributed by atoms with Crippen LogP contribution in [0.3, 0.4) is 0 Å². The minimum atomic E-state index is -0.834. The van der Waals surface area contributed by atoms with Gasteiger partial charge in [0, 0.05) is 17.7 Å². The van der Waals surface area contributed by atoms with Gasteiger partial charge in [0.1, 0.15) is 11.5 Å². The fourth-order valence-electron chi connectivity index (χ4n) is 5.24. The summed E-state index contributed by atoms with van der Waals surface area (Å²) in [6.07, 6.45) is 1.69. The summed E-state index contributed by atoms with van der Waals surface area (Å²) in [5, 5.41) is 11.1. The second-order valence-electron chi connectivity index (χ2n) is 10.5. The zero-order valence-electron chi connectivity index (χ0n) is 25.7. The molecule has 0 saturated carbocycles. The summed E-state index contributed by atoms with van der Waals surface area (Å²) in [7, 11) is 1.56. The second-order valence-corrected chi connectivity index (χ2v) is 11.5. The summed E-state index contributed by atoms with van der Waals surface area (Å²) in [6.45, 7) is 1.86. The van der Waals surface area contributed by atoms with Crippen molar-refractivity contribution in [3.8, 4) is 11.5 Å². The van der Waals surface area contributed by atoms with E-state index in [4.69, 9.17) is 19.2 Å². The molecule has 0 spiro atoms. The number of nitro benzene ring substituents is 1. The maximum absolute atomic E-state index is 14.1. The highest BCUT2D eigenvalue weighted by Crippen LogP contribution is 2.35. The molecule has 5 aromatic rings. The van der Waals surface area contributed by atoms with Gasteiger partial charge in [-0.05, 0) is 54.5 Å². The standard InChI is InChI=1S/C36H27N3O8S/c1-3-46-35(42)30-31(23-8-5-4-6-9-23)37-36-38(32(30)24-14-18-27(45-2)19-15-24)33(40)29(48-36)20-22-12-16-28(17-13-22)47-34(41)25-10-7-11-26(21-25)39(43)44/h4-21,32H,3H2,1-2H3/b29-20-/t32-/m1/s1. The Balaban J connectivity index is 1.41. The number of non-ortho nitro benzene ring substituents is 1. The molecule has 4 aromatic carbocycles. The lowest BCUT2D eigenvalue weighted by atomic mass is 9.93. The highest BCUT2D eigenvalue weighted by atomic mass is 32.1. The number of thiazole rings is 1. The minimum Gasteiger partial charge on any atom is -0.497 e. The molecule has 0 fully saturated rings. The molecule has 0 bridgehead atoms. The van der Waals surface area contributed by atoms with Crippen LogP contribution in [-0.2, 0) is 9.53 Å². The molecule has 11 nitrogen and oxygen atoms in total. The van der Waals surface area contributed by atoms with Crippen LogP contribution in [0, 0.1) is 10.1 Å². The molecule has 1 aromatic heterocycles. The summed E-state index contributed by atoms with van der Waals surface area (Å²) in [4.78, 5) is 56.0. The third-order valence-corrected chi connectivity index (χ3v) is 8.47. The maximum atomic E-state index is 14.1. The van der Waals surface area contributed by atoms with Crippen molar-refractivity contribution in [1.29, 1.82) is 0 Å².